The van der Waals surface area contributed by atoms with Crippen LogP contribution in [0.2, 0.25) is 0 Å². The van der Waals surface area contributed by atoms with Gasteiger partial charge in [-0.15, -0.1) is 0 Å². The number of halogens is 12. The van der Waals surface area contributed by atoms with E-state index in [4.69, 9.17) is 4.74 Å². The third-order valence-electron chi connectivity index (χ3n) is 7.49. The van der Waals surface area contributed by atoms with Gasteiger partial charge in [0.2, 0.25) is 5.92 Å². The maximum absolute atomic E-state index is 14.3. The Hall–Kier alpha value is -3.91. The van der Waals surface area contributed by atoms with E-state index >= 15 is 0 Å². The van der Waals surface area contributed by atoms with E-state index in [-0.39, 0.29) is 31.9 Å². The molecule has 2 aliphatic rings. The molecule has 262 valence electrons. The van der Waals surface area contributed by atoms with Gasteiger partial charge in [-0.1, -0.05) is 12.1 Å². The molecule has 1 saturated heterocycles. The fourth-order valence-electron chi connectivity index (χ4n) is 5.01. The van der Waals surface area contributed by atoms with Crippen molar-refractivity contribution >= 4 is 29.5 Å². The summed E-state index contributed by atoms with van der Waals surface area (Å²) in [5, 5.41) is 9.47. The number of carbonyl (C=O) groups excluding carboxylic acids is 4. The first-order chi connectivity index (χ1) is 21.3. The first-order valence-electron chi connectivity index (χ1n) is 13.2. The van der Waals surface area contributed by atoms with E-state index in [2.05, 4.69) is 0 Å². The quantitative estimate of drug-likeness (QED) is 0.392. The lowest BCUT2D eigenvalue weighted by Gasteiger charge is -2.39. The molecule has 1 N–H and O–H groups in total. The molecule has 21 heteroatoms. The number of carboxylic acid groups (broad SMARTS) is 1. The van der Waals surface area contributed by atoms with Crippen LogP contribution in [-0.2, 0) is 23.9 Å². The molecule has 0 spiro atoms. The lowest BCUT2D eigenvalue weighted by Crippen LogP contribution is -2.62. The summed E-state index contributed by atoms with van der Waals surface area (Å²) in [5.74, 6) is -35.9. The normalized spacial score (nSPS) is 21.5. The zero-order valence-corrected chi connectivity index (χ0v) is 23.3. The Morgan fingerprint density at radius 3 is 1.70 bits per heavy atom. The molecule has 47 heavy (non-hydrogen) atoms. The molecule has 1 aliphatic carbocycles. The molecule has 3 atom stereocenters. The van der Waals surface area contributed by atoms with Crippen molar-refractivity contribution in [2.45, 2.75) is 55.4 Å². The molecule has 1 saturated carbocycles. The van der Waals surface area contributed by atoms with Gasteiger partial charge < -0.3 is 14.7 Å². The van der Waals surface area contributed by atoms with Gasteiger partial charge in [0, 0.05) is 37.4 Å². The van der Waals surface area contributed by atoms with E-state index in [9.17, 15) is 81.8 Å². The number of ketones is 1. The molecule has 1 aromatic rings. The summed E-state index contributed by atoms with van der Waals surface area (Å²) in [6.45, 7) is 0.206. The van der Waals surface area contributed by atoms with Crippen LogP contribution in [0, 0.1) is 11.8 Å². The summed E-state index contributed by atoms with van der Waals surface area (Å²) in [4.78, 5) is 62.7. The number of rotatable bonds is 8. The number of morpholine rings is 1. The third kappa shape index (κ3) is 7.48. The van der Waals surface area contributed by atoms with E-state index in [1.165, 1.54) is 4.90 Å². The van der Waals surface area contributed by atoms with Gasteiger partial charge in [-0.3, -0.25) is 28.9 Å². The maximum Gasteiger partial charge on any atom is 0.463 e. The van der Waals surface area contributed by atoms with Crippen LogP contribution in [0.25, 0.3) is 0 Å². The number of carboxylic acids is 1. The number of amides is 3. The highest BCUT2D eigenvalue weighted by atomic mass is 19.4. The van der Waals surface area contributed by atoms with Gasteiger partial charge in [0.15, 0.2) is 5.78 Å². The third-order valence-corrected chi connectivity index (χ3v) is 7.49. The molecule has 3 amide bonds. The molecule has 3 unspecified atom stereocenters. The lowest BCUT2D eigenvalue weighted by molar-refractivity contribution is -0.284. The predicted octanol–water partition coefficient (Wildman–Crippen LogP) is 4.66. The second kappa shape index (κ2) is 12.9. The fourth-order valence-corrected chi connectivity index (χ4v) is 5.01. The van der Waals surface area contributed by atoms with Crippen molar-refractivity contribution in [3.8, 4) is 0 Å². The van der Waals surface area contributed by atoms with Crippen molar-refractivity contribution in [3.63, 3.8) is 0 Å². The highest BCUT2D eigenvalue weighted by Crippen LogP contribution is 2.47. The summed E-state index contributed by atoms with van der Waals surface area (Å²) in [7, 11) is 0. The van der Waals surface area contributed by atoms with E-state index in [0.717, 1.165) is 0 Å². The molecular formula is C26H22F12N2O7. The number of aliphatic carboxylic acids is 1. The minimum atomic E-state index is -7.05. The van der Waals surface area contributed by atoms with Crippen LogP contribution < -0.4 is 0 Å². The van der Waals surface area contributed by atoms with Crippen LogP contribution in [0.1, 0.15) is 41.2 Å². The average molecular weight is 702 g/mol. The first-order valence-corrected chi connectivity index (χ1v) is 13.2. The van der Waals surface area contributed by atoms with Gasteiger partial charge in [-0.05, 0) is 24.1 Å². The second-order valence-electron chi connectivity index (χ2n) is 10.6. The Labute approximate surface area is 255 Å². The van der Waals surface area contributed by atoms with Crippen LogP contribution in [0.15, 0.2) is 24.3 Å². The van der Waals surface area contributed by atoms with Gasteiger partial charge in [0.1, 0.15) is 6.04 Å². The maximum atomic E-state index is 14.3. The SMILES string of the molecule is O=C(O)C1CC(F)(F)CCC1C(=O)C(c1ccc(C(=O)N2CCOCC2)cc1)N(C(=O)C(F)(F)C(F)(F)F)C(=O)C(F)(F)C(F)(F)F. The lowest BCUT2D eigenvalue weighted by atomic mass is 9.72. The predicted molar refractivity (Wildman–Crippen MR) is 128 cm³/mol. The standard InChI is InChI=1S/C26H22F12N2O7/c27-22(28)6-5-14(15(11-22)19(43)44)17(41)16(12-1-3-13(4-2-12)18(42)39-7-9-47-10-8-39)40(20(45)23(29,30)25(33,34)35)21(46)24(31,32)26(36,37)38/h1-4,14-16H,5-11H2,(H,43,44). The minimum absolute atomic E-state index is 0.0282. The molecule has 0 radical (unpaired) electrons. The number of imide groups is 1. The molecule has 1 aromatic carbocycles. The Bertz CT molecular complexity index is 1350. The van der Waals surface area contributed by atoms with Gasteiger partial charge in [0.05, 0.1) is 19.1 Å². The largest absolute Gasteiger partial charge is 0.481 e. The summed E-state index contributed by atoms with van der Waals surface area (Å²) < 4.78 is 170. The molecule has 2 fully saturated rings. The number of hydrogen-bond donors (Lipinski definition) is 1. The first kappa shape index (κ1) is 37.5. The smallest absolute Gasteiger partial charge is 0.463 e. The summed E-state index contributed by atoms with van der Waals surface area (Å²) >= 11 is 0. The molecule has 0 aromatic heterocycles. The number of Topliss-reactive ketones (excluding diaryl/α,β-unsaturated/α-hetero) is 1. The van der Waals surface area contributed by atoms with Crippen LogP contribution in [0.4, 0.5) is 52.7 Å². The molecule has 0 bridgehead atoms. The monoisotopic (exact) mass is 702 g/mol. The van der Waals surface area contributed by atoms with Gasteiger partial charge >= 0.3 is 42.0 Å². The Morgan fingerprint density at radius 1 is 0.809 bits per heavy atom. The van der Waals surface area contributed by atoms with E-state index in [0.29, 0.717) is 24.3 Å². The summed E-state index contributed by atoms with van der Waals surface area (Å²) in [5.41, 5.74) is -1.55. The summed E-state index contributed by atoms with van der Waals surface area (Å²) in [6.07, 6.45) is -18.4. The molecular weight excluding hydrogens is 680 g/mol. The number of benzene rings is 1. The topological polar surface area (TPSA) is 121 Å². The van der Waals surface area contributed by atoms with Crippen LogP contribution in [0.3, 0.4) is 0 Å². The highest BCUT2D eigenvalue weighted by molar-refractivity contribution is 6.07. The Kier molecular flexibility index (Phi) is 10.3. The van der Waals surface area contributed by atoms with Crippen LogP contribution in [-0.4, -0.2) is 101 Å². The van der Waals surface area contributed by atoms with Crippen molar-refractivity contribution in [3.05, 3.63) is 35.4 Å². The molecule has 3 rings (SSSR count). The molecule has 1 heterocycles. The number of ether oxygens (including phenoxy) is 1. The van der Waals surface area contributed by atoms with Crippen molar-refractivity contribution in [2.75, 3.05) is 26.3 Å². The zero-order valence-electron chi connectivity index (χ0n) is 23.3. The number of carbonyl (C=O) groups is 5. The number of alkyl halides is 12. The van der Waals surface area contributed by atoms with Gasteiger partial charge in [-0.25, -0.2) is 8.78 Å². The average Bonchev–Trinajstić information content (AvgIpc) is 2.97. The number of hydrogen-bond acceptors (Lipinski definition) is 6. The minimum Gasteiger partial charge on any atom is -0.481 e. The van der Waals surface area contributed by atoms with E-state index < -0.39 is 107 Å². The Balaban J connectivity index is 2.28. The molecule has 9 nitrogen and oxygen atoms in total. The zero-order chi connectivity index (χ0) is 35.9. The van der Waals surface area contributed by atoms with E-state index in [1.54, 1.807) is 0 Å². The van der Waals surface area contributed by atoms with Gasteiger partial charge in [0.25, 0.3) is 5.91 Å². The van der Waals surface area contributed by atoms with Crippen molar-refractivity contribution in [1.82, 2.24) is 9.80 Å². The van der Waals surface area contributed by atoms with Gasteiger partial charge in [-0.2, -0.15) is 43.9 Å². The van der Waals surface area contributed by atoms with Crippen molar-refractivity contribution in [1.29, 1.82) is 0 Å². The highest BCUT2D eigenvalue weighted by Gasteiger charge is 2.71. The van der Waals surface area contributed by atoms with Crippen LogP contribution in [0.5, 0.6) is 0 Å². The fraction of sp³-hybridized carbons (Fsp3) is 0.577. The second-order valence-corrected chi connectivity index (χ2v) is 10.6. The van der Waals surface area contributed by atoms with Crippen LogP contribution >= 0.6 is 0 Å². The Morgan fingerprint density at radius 2 is 1.28 bits per heavy atom. The van der Waals surface area contributed by atoms with E-state index in [1.807, 2.05) is 0 Å². The summed E-state index contributed by atoms with van der Waals surface area (Å²) in [6, 6.07) is -1.33. The molecule has 1 aliphatic heterocycles. The number of nitrogens with zero attached hydrogens (tertiary/aromatic N) is 2. The van der Waals surface area contributed by atoms with Crippen molar-refractivity contribution < 1.29 is 86.5 Å². The van der Waals surface area contributed by atoms with Crippen molar-refractivity contribution in [2.24, 2.45) is 11.8 Å².